The predicted octanol–water partition coefficient (Wildman–Crippen LogP) is 2.70. The second kappa shape index (κ2) is 15.7. The van der Waals surface area contributed by atoms with Gasteiger partial charge in [0.2, 0.25) is 0 Å². The first kappa shape index (κ1) is 19.1. The van der Waals surface area contributed by atoms with Crippen LogP contribution in [-0.4, -0.2) is 23.6 Å². The van der Waals surface area contributed by atoms with Crippen LogP contribution < -0.4 is 11.1 Å². The highest BCUT2D eigenvalue weighted by molar-refractivity contribution is 5.74. The van der Waals surface area contributed by atoms with Crippen LogP contribution in [0.2, 0.25) is 0 Å². The highest BCUT2D eigenvalue weighted by Gasteiger charge is 1.91. The number of carboxylic acids is 1. The van der Waals surface area contributed by atoms with Crippen molar-refractivity contribution in [3.63, 3.8) is 0 Å². The van der Waals surface area contributed by atoms with Gasteiger partial charge in [-0.3, -0.25) is 10.2 Å². The molecule has 0 bridgehead atoms. The van der Waals surface area contributed by atoms with Crippen molar-refractivity contribution < 1.29 is 9.90 Å². The van der Waals surface area contributed by atoms with E-state index in [1.807, 2.05) is 0 Å². The second-order valence-electron chi connectivity index (χ2n) is 4.33. The van der Waals surface area contributed by atoms with Crippen LogP contribution in [0, 0.1) is 5.41 Å². The molecule has 108 valence electrons. The van der Waals surface area contributed by atoms with Crippen LogP contribution in [0.15, 0.2) is 0 Å². The van der Waals surface area contributed by atoms with Gasteiger partial charge < -0.3 is 16.2 Å². The maximum absolute atomic E-state index is 9.00. The fourth-order valence-electron chi connectivity index (χ4n) is 1.48. The number of rotatable bonds is 9. The molecule has 0 fully saturated rings. The van der Waals surface area contributed by atoms with Gasteiger partial charge in [-0.1, -0.05) is 51.9 Å². The van der Waals surface area contributed by atoms with Crippen LogP contribution in [0.5, 0.6) is 0 Å². The first-order valence-corrected chi connectivity index (χ1v) is 6.78. The van der Waals surface area contributed by atoms with E-state index < -0.39 is 5.97 Å². The number of nitrogens with two attached hydrogens (primary N) is 1. The number of hydrogen-bond acceptors (Lipinski definition) is 2. The summed E-state index contributed by atoms with van der Waals surface area (Å²) in [6, 6.07) is 0. The quantitative estimate of drug-likeness (QED) is 0.290. The minimum Gasteiger partial charge on any atom is -0.481 e. The molecule has 0 aliphatic rings. The van der Waals surface area contributed by atoms with E-state index in [4.69, 9.17) is 21.0 Å². The predicted molar refractivity (Wildman–Crippen MR) is 75.8 cm³/mol. The Kier molecular flexibility index (Phi) is 16.7. The second-order valence-corrected chi connectivity index (χ2v) is 4.33. The fourth-order valence-corrected chi connectivity index (χ4v) is 1.48. The standard InChI is InChI=1S/C11H25N3.C2H4O2/c1-2-3-4-5-6-7-8-9-10-14-11(12)13;1-2(3)4/h2-10H2,1H3,(H4,12,13,14);1H3,(H,3,4). The van der Waals surface area contributed by atoms with Crippen molar-refractivity contribution in [2.24, 2.45) is 5.73 Å². The Labute approximate surface area is 111 Å². The van der Waals surface area contributed by atoms with E-state index >= 15 is 0 Å². The van der Waals surface area contributed by atoms with E-state index in [1.165, 1.54) is 44.9 Å². The molecule has 0 saturated carbocycles. The third-order valence-corrected chi connectivity index (χ3v) is 2.35. The molecule has 0 spiro atoms. The smallest absolute Gasteiger partial charge is 0.300 e. The average Bonchev–Trinajstić information content (AvgIpc) is 2.26. The normalized spacial score (nSPS) is 9.22. The van der Waals surface area contributed by atoms with Gasteiger partial charge in [-0.25, -0.2) is 0 Å². The summed E-state index contributed by atoms with van der Waals surface area (Å²) in [6.07, 6.45) is 10.5. The van der Waals surface area contributed by atoms with Crippen LogP contribution >= 0.6 is 0 Å². The molecule has 0 unspecified atom stereocenters. The number of aliphatic carboxylic acids is 1. The van der Waals surface area contributed by atoms with Crippen molar-refractivity contribution in [3.05, 3.63) is 0 Å². The number of hydrogen-bond donors (Lipinski definition) is 4. The van der Waals surface area contributed by atoms with Crippen molar-refractivity contribution in [3.8, 4) is 0 Å². The van der Waals surface area contributed by atoms with Gasteiger partial charge in [0.25, 0.3) is 5.97 Å². The van der Waals surface area contributed by atoms with Gasteiger partial charge >= 0.3 is 0 Å². The molecule has 0 radical (unpaired) electrons. The molecule has 0 aromatic carbocycles. The number of guanidine groups is 1. The van der Waals surface area contributed by atoms with E-state index in [2.05, 4.69) is 12.2 Å². The van der Waals surface area contributed by atoms with Crippen LogP contribution in [-0.2, 0) is 4.79 Å². The highest BCUT2D eigenvalue weighted by Crippen LogP contribution is 2.07. The van der Waals surface area contributed by atoms with Gasteiger partial charge in [-0.05, 0) is 6.42 Å². The Morgan fingerprint density at radius 2 is 1.50 bits per heavy atom. The van der Waals surface area contributed by atoms with Gasteiger partial charge in [0, 0.05) is 13.5 Å². The zero-order chi connectivity index (χ0) is 14.2. The van der Waals surface area contributed by atoms with Gasteiger partial charge in [0.15, 0.2) is 5.96 Å². The Morgan fingerprint density at radius 1 is 1.11 bits per heavy atom. The third kappa shape index (κ3) is 29.3. The summed E-state index contributed by atoms with van der Waals surface area (Å²) < 4.78 is 0. The van der Waals surface area contributed by atoms with Crippen LogP contribution in [0.25, 0.3) is 0 Å². The van der Waals surface area contributed by atoms with Gasteiger partial charge in [0.05, 0.1) is 0 Å². The molecule has 0 amide bonds. The molecule has 5 N–H and O–H groups in total. The fraction of sp³-hybridized carbons (Fsp3) is 0.846. The van der Waals surface area contributed by atoms with Crippen LogP contribution in [0.3, 0.4) is 0 Å². The zero-order valence-corrected chi connectivity index (χ0v) is 11.8. The van der Waals surface area contributed by atoms with Crippen LogP contribution in [0.4, 0.5) is 0 Å². The largest absolute Gasteiger partial charge is 0.481 e. The topological polar surface area (TPSA) is 99.2 Å². The number of nitrogens with one attached hydrogen (secondary N) is 2. The molecule has 0 heterocycles. The van der Waals surface area contributed by atoms with Crippen LogP contribution in [0.1, 0.15) is 65.2 Å². The molecular weight excluding hydrogens is 230 g/mol. The highest BCUT2D eigenvalue weighted by atomic mass is 16.4. The summed E-state index contributed by atoms with van der Waals surface area (Å²) in [7, 11) is 0. The molecule has 0 saturated heterocycles. The molecule has 5 nitrogen and oxygen atoms in total. The number of carboxylic acid groups (broad SMARTS) is 1. The maximum Gasteiger partial charge on any atom is 0.300 e. The van der Waals surface area contributed by atoms with Crippen molar-refractivity contribution in [2.75, 3.05) is 6.54 Å². The van der Waals surface area contributed by atoms with Gasteiger partial charge in [-0.15, -0.1) is 0 Å². The molecule has 5 heteroatoms. The SMILES string of the molecule is CC(=O)O.CCCCCCCCCCNC(=N)N. The molecule has 0 atom stereocenters. The summed E-state index contributed by atoms with van der Waals surface area (Å²) >= 11 is 0. The summed E-state index contributed by atoms with van der Waals surface area (Å²) in [5.74, 6) is -0.743. The number of unbranched alkanes of at least 4 members (excludes halogenated alkanes) is 7. The summed E-state index contributed by atoms with van der Waals surface area (Å²) in [6.45, 7) is 4.18. The molecular formula is C13H29N3O2. The molecule has 0 aliphatic heterocycles. The lowest BCUT2D eigenvalue weighted by molar-refractivity contribution is -0.134. The van der Waals surface area contributed by atoms with E-state index in [0.717, 1.165) is 19.9 Å². The maximum atomic E-state index is 9.00. The molecule has 0 aromatic heterocycles. The summed E-state index contributed by atoms with van der Waals surface area (Å²) in [5, 5.41) is 17.2. The van der Waals surface area contributed by atoms with Crippen molar-refractivity contribution >= 4 is 11.9 Å². The minimum absolute atomic E-state index is 0.0907. The molecule has 0 aliphatic carbocycles. The van der Waals surface area contributed by atoms with E-state index in [-0.39, 0.29) is 5.96 Å². The monoisotopic (exact) mass is 259 g/mol. The lowest BCUT2D eigenvalue weighted by atomic mass is 10.1. The van der Waals surface area contributed by atoms with E-state index in [9.17, 15) is 0 Å². The van der Waals surface area contributed by atoms with E-state index in [0.29, 0.717) is 0 Å². The van der Waals surface area contributed by atoms with Gasteiger partial charge in [0.1, 0.15) is 0 Å². The van der Waals surface area contributed by atoms with Crippen molar-refractivity contribution in [2.45, 2.75) is 65.2 Å². The molecule has 18 heavy (non-hydrogen) atoms. The molecule has 0 aromatic rings. The van der Waals surface area contributed by atoms with Crippen molar-refractivity contribution in [1.82, 2.24) is 5.32 Å². The third-order valence-electron chi connectivity index (χ3n) is 2.35. The Bertz CT molecular complexity index is 204. The number of carbonyl (C=O) groups is 1. The first-order chi connectivity index (χ1) is 8.50. The Balaban J connectivity index is 0. The zero-order valence-electron chi connectivity index (χ0n) is 11.8. The van der Waals surface area contributed by atoms with Gasteiger partial charge in [-0.2, -0.15) is 0 Å². The first-order valence-electron chi connectivity index (χ1n) is 6.78. The molecule has 0 rings (SSSR count). The minimum atomic E-state index is -0.833. The summed E-state index contributed by atoms with van der Waals surface area (Å²) in [4.78, 5) is 9.00. The van der Waals surface area contributed by atoms with Crippen molar-refractivity contribution in [1.29, 1.82) is 5.41 Å². The average molecular weight is 259 g/mol. The Morgan fingerprint density at radius 3 is 1.89 bits per heavy atom. The van der Waals surface area contributed by atoms with E-state index in [1.54, 1.807) is 0 Å². The Hall–Kier alpha value is -1.26. The summed E-state index contributed by atoms with van der Waals surface area (Å²) in [5.41, 5.74) is 5.16. The lowest BCUT2D eigenvalue weighted by Crippen LogP contribution is -2.30. The lowest BCUT2D eigenvalue weighted by Gasteiger charge is -2.03.